The number of carbonyl (C=O) groups excluding carboxylic acids is 1. The Kier molecular flexibility index (Phi) is 6.15. The van der Waals surface area contributed by atoms with Crippen LogP contribution < -0.4 is 4.74 Å². The predicted octanol–water partition coefficient (Wildman–Crippen LogP) is 3.40. The van der Waals surface area contributed by atoms with Gasteiger partial charge in [-0.15, -0.1) is 0 Å². The van der Waals surface area contributed by atoms with Crippen molar-refractivity contribution < 1.29 is 14.3 Å². The van der Waals surface area contributed by atoms with Gasteiger partial charge in [0.05, 0.1) is 16.7 Å². The first-order valence-corrected chi connectivity index (χ1v) is 7.86. The first-order valence-electron chi connectivity index (χ1n) is 7.11. The van der Waals surface area contributed by atoms with Crippen molar-refractivity contribution in [2.24, 2.45) is 0 Å². The summed E-state index contributed by atoms with van der Waals surface area (Å²) in [7, 11) is 0. The third kappa shape index (κ3) is 4.25. The minimum Gasteiger partial charge on any atom is -0.489 e. The highest BCUT2D eigenvalue weighted by molar-refractivity contribution is 6.37. The Morgan fingerprint density at radius 1 is 1.38 bits per heavy atom. The van der Waals surface area contributed by atoms with Gasteiger partial charge in [0.1, 0.15) is 12.6 Å². The molecule has 1 aromatic carbocycles. The molecule has 4 nitrogen and oxygen atoms in total. The second kappa shape index (κ2) is 7.87. The Balaban J connectivity index is 1.86. The molecular weight excluding hydrogens is 313 g/mol. The molecule has 2 rings (SSSR count). The third-order valence-electron chi connectivity index (χ3n) is 3.47. The van der Waals surface area contributed by atoms with Gasteiger partial charge in [-0.05, 0) is 38.4 Å². The van der Waals surface area contributed by atoms with Crippen LogP contribution in [0.25, 0.3) is 0 Å². The van der Waals surface area contributed by atoms with Crippen LogP contribution in [0.1, 0.15) is 19.8 Å². The van der Waals surface area contributed by atoms with E-state index in [2.05, 4.69) is 4.90 Å². The van der Waals surface area contributed by atoms with E-state index in [1.54, 1.807) is 18.2 Å². The number of ether oxygens (including phenoxy) is 2. The summed E-state index contributed by atoms with van der Waals surface area (Å²) in [6.07, 6.45) is 1.84. The lowest BCUT2D eigenvalue weighted by Gasteiger charge is -2.22. The smallest absolute Gasteiger partial charge is 0.323 e. The topological polar surface area (TPSA) is 38.8 Å². The van der Waals surface area contributed by atoms with E-state index in [1.807, 2.05) is 6.92 Å². The molecule has 1 saturated heterocycles. The van der Waals surface area contributed by atoms with Crippen molar-refractivity contribution in [2.75, 3.05) is 26.3 Å². The molecule has 1 heterocycles. The van der Waals surface area contributed by atoms with E-state index in [1.165, 1.54) is 0 Å². The summed E-state index contributed by atoms with van der Waals surface area (Å²) in [5.41, 5.74) is 0. The number of rotatable bonds is 6. The average Bonchev–Trinajstić information content (AvgIpc) is 2.91. The quantitative estimate of drug-likeness (QED) is 0.749. The van der Waals surface area contributed by atoms with Gasteiger partial charge in [-0.1, -0.05) is 29.3 Å². The Morgan fingerprint density at radius 3 is 2.76 bits per heavy atom. The Hall–Kier alpha value is -0.970. The van der Waals surface area contributed by atoms with Crippen LogP contribution in [0, 0.1) is 0 Å². The minimum absolute atomic E-state index is 0.147. The van der Waals surface area contributed by atoms with Gasteiger partial charge in [0, 0.05) is 6.54 Å². The lowest BCUT2D eigenvalue weighted by Crippen LogP contribution is -2.39. The largest absolute Gasteiger partial charge is 0.489 e. The maximum atomic E-state index is 11.9. The number of carbonyl (C=O) groups is 1. The van der Waals surface area contributed by atoms with Crippen LogP contribution in [-0.2, 0) is 9.53 Å². The normalized spacial score (nSPS) is 18.7. The molecular formula is C15H19Cl2NO3. The molecule has 0 aromatic heterocycles. The van der Waals surface area contributed by atoms with Gasteiger partial charge >= 0.3 is 5.97 Å². The zero-order valence-corrected chi connectivity index (χ0v) is 13.5. The molecule has 0 spiro atoms. The molecule has 1 aliphatic rings. The van der Waals surface area contributed by atoms with Crippen molar-refractivity contribution in [3.05, 3.63) is 28.2 Å². The zero-order valence-electron chi connectivity index (χ0n) is 12.0. The molecule has 0 N–H and O–H groups in total. The first-order chi connectivity index (χ1) is 10.1. The highest BCUT2D eigenvalue weighted by Gasteiger charge is 2.31. The van der Waals surface area contributed by atoms with E-state index in [4.69, 9.17) is 32.7 Å². The molecule has 0 bridgehead atoms. The Bertz CT molecular complexity index is 476. The molecule has 116 valence electrons. The first kappa shape index (κ1) is 16.4. The van der Waals surface area contributed by atoms with Gasteiger partial charge in [0.2, 0.25) is 0 Å². The minimum atomic E-state index is -0.157. The molecule has 1 unspecified atom stereocenters. The van der Waals surface area contributed by atoms with Gasteiger partial charge in [0.15, 0.2) is 5.75 Å². The van der Waals surface area contributed by atoms with Crippen molar-refractivity contribution in [3.63, 3.8) is 0 Å². The summed E-state index contributed by atoms with van der Waals surface area (Å²) in [5, 5.41) is 0.983. The number of halogens is 2. The molecule has 1 aliphatic heterocycles. The van der Waals surface area contributed by atoms with Crippen molar-refractivity contribution in [1.82, 2.24) is 4.90 Å². The van der Waals surface area contributed by atoms with E-state index < -0.39 is 0 Å². The fourth-order valence-electron chi connectivity index (χ4n) is 2.48. The van der Waals surface area contributed by atoms with Crippen molar-refractivity contribution in [2.45, 2.75) is 25.8 Å². The summed E-state index contributed by atoms with van der Waals surface area (Å²) in [6, 6.07) is 5.09. The standard InChI is InChI=1S/C15H19Cl2NO3/c1-2-20-15(19)13-7-4-8-18(13)9-10-21-14-11(16)5-3-6-12(14)17/h3,5-6,13H,2,4,7-10H2,1H3. The molecule has 21 heavy (non-hydrogen) atoms. The molecule has 1 atom stereocenters. The number of nitrogens with zero attached hydrogens (tertiary/aromatic N) is 1. The highest BCUT2D eigenvalue weighted by atomic mass is 35.5. The summed E-state index contributed by atoms with van der Waals surface area (Å²) in [4.78, 5) is 13.9. The third-order valence-corrected chi connectivity index (χ3v) is 4.06. The van der Waals surface area contributed by atoms with E-state index in [0.29, 0.717) is 35.6 Å². The maximum Gasteiger partial charge on any atom is 0.323 e. The molecule has 1 aromatic rings. The number of hydrogen-bond donors (Lipinski definition) is 0. The zero-order chi connectivity index (χ0) is 15.2. The van der Waals surface area contributed by atoms with Gasteiger partial charge in [-0.2, -0.15) is 0 Å². The predicted molar refractivity (Wildman–Crippen MR) is 83.2 cm³/mol. The van der Waals surface area contributed by atoms with E-state index in [9.17, 15) is 4.79 Å². The molecule has 0 radical (unpaired) electrons. The fraction of sp³-hybridized carbons (Fsp3) is 0.533. The van der Waals surface area contributed by atoms with Crippen LogP contribution in [-0.4, -0.2) is 43.2 Å². The van der Waals surface area contributed by atoms with E-state index >= 15 is 0 Å². The maximum absolute atomic E-state index is 11.9. The average molecular weight is 332 g/mol. The lowest BCUT2D eigenvalue weighted by molar-refractivity contribution is -0.148. The van der Waals surface area contributed by atoms with Crippen LogP contribution in [0.15, 0.2) is 18.2 Å². The number of hydrogen-bond acceptors (Lipinski definition) is 4. The van der Waals surface area contributed by atoms with E-state index in [0.717, 1.165) is 19.4 Å². The van der Waals surface area contributed by atoms with Crippen LogP contribution in [0.4, 0.5) is 0 Å². The summed E-state index contributed by atoms with van der Waals surface area (Å²) in [5.74, 6) is 0.346. The van der Waals surface area contributed by atoms with E-state index in [-0.39, 0.29) is 12.0 Å². The summed E-state index contributed by atoms with van der Waals surface area (Å²) in [6.45, 7) is 4.18. The molecule has 1 fully saturated rings. The van der Waals surface area contributed by atoms with Crippen LogP contribution in [0.5, 0.6) is 5.75 Å². The SMILES string of the molecule is CCOC(=O)C1CCCN1CCOc1c(Cl)cccc1Cl. The summed E-state index contributed by atoms with van der Waals surface area (Å²) < 4.78 is 10.8. The highest BCUT2D eigenvalue weighted by Crippen LogP contribution is 2.32. The molecule has 0 aliphatic carbocycles. The molecule has 0 saturated carbocycles. The number of esters is 1. The van der Waals surface area contributed by atoms with Gasteiger partial charge < -0.3 is 9.47 Å². The molecule has 0 amide bonds. The number of likely N-dealkylation sites (tertiary alicyclic amines) is 1. The van der Waals surface area contributed by atoms with Crippen molar-refractivity contribution >= 4 is 29.2 Å². The van der Waals surface area contributed by atoms with Crippen LogP contribution >= 0.6 is 23.2 Å². The van der Waals surface area contributed by atoms with Gasteiger partial charge in [-0.25, -0.2) is 0 Å². The second-order valence-electron chi connectivity index (χ2n) is 4.85. The fourth-order valence-corrected chi connectivity index (χ4v) is 2.99. The van der Waals surface area contributed by atoms with Crippen molar-refractivity contribution in [1.29, 1.82) is 0 Å². The summed E-state index contributed by atoms with van der Waals surface area (Å²) >= 11 is 12.1. The van der Waals surface area contributed by atoms with Crippen molar-refractivity contribution in [3.8, 4) is 5.75 Å². The second-order valence-corrected chi connectivity index (χ2v) is 5.66. The number of benzene rings is 1. The monoisotopic (exact) mass is 331 g/mol. The Morgan fingerprint density at radius 2 is 2.10 bits per heavy atom. The van der Waals surface area contributed by atoms with Gasteiger partial charge in [-0.3, -0.25) is 9.69 Å². The molecule has 6 heteroatoms. The van der Waals surface area contributed by atoms with Crippen LogP contribution in [0.3, 0.4) is 0 Å². The van der Waals surface area contributed by atoms with Gasteiger partial charge in [0.25, 0.3) is 0 Å². The number of para-hydroxylation sites is 1. The van der Waals surface area contributed by atoms with Crippen LogP contribution in [0.2, 0.25) is 10.0 Å². The Labute approximate surface area is 134 Å². The lowest BCUT2D eigenvalue weighted by atomic mass is 10.2.